The number of hydrogen-bond donors (Lipinski definition) is 1. The molecular formula is C17H21BrN2O3. The Balaban J connectivity index is 1.77. The van der Waals surface area contributed by atoms with Crippen molar-refractivity contribution < 1.29 is 14.7 Å². The third kappa shape index (κ3) is 4.42. The van der Waals surface area contributed by atoms with Crippen molar-refractivity contribution in [2.75, 3.05) is 26.7 Å². The van der Waals surface area contributed by atoms with E-state index in [1.54, 1.807) is 16.8 Å². The van der Waals surface area contributed by atoms with Gasteiger partial charge in [0.05, 0.1) is 12.0 Å². The van der Waals surface area contributed by atoms with Gasteiger partial charge in [0.2, 0.25) is 11.8 Å². The second-order valence-electron chi connectivity index (χ2n) is 5.76. The summed E-state index contributed by atoms with van der Waals surface area (Å²) in [7, 11) is 1.73. The molecule has 1 aromatic rings. The molecule has 1 aromatic carbocycles. The predicted octanol–water partition coefficient (Wildman–Crippen LogP) is 1.98. The molecule has 1 aliphatic heterocycles. The summed E-state index contributed by atoms with van der Waals surface area (Å²) >= 11 is 3.36. The van der Waals surface area contributed by atoms with Gasteiger partial charge in [-0.05, 0) is 30.2 Å². The maximum atomic E-state index is 12.2. The highest BCUT2D eigenvalue weighted by Gasteiger charge is 2.36. The minimum atomic E-state index is -0.599. The number of rotatable bonds is 6. The van der Waals surface area contributed by atoms with Crippen LogP contribution in [0.3, 0.4) is 0 Å². The molecule has 1 atom stereocenters. The molecule has 1 saturated heterocycles. The molecule has 124 valence electrons. The third-order valence-electron chi connectivity index (χ3n) is 4.09. The van der Waals surface area contributed by atoms with Crippen LogP contribution in [0, 0.1) is 5.92 Å². The van der Waals surface area contributed by atoms with Crippen LogP contribution in [0.25, 0.3) is 0 Å². The molecule has 0 spiro atoms. The Hall–Kier alpha value is -1.66. The average molecular weight is 381 g/mol. The van der Waals surface area contributed by atoms with Crippen molar-refractivity contribution in [1.29, 1.82) is 0 Å². The molecule has 1 fully saturated rings. The first-order chi connectivity index (χ1) is 10.9. The Labute approximate surface area is 144 Å². The number of amides is 2. The summed E-state index contributed by atoms with van der Waals surface area (Å²) in [5.41, 5.74) is 0.834. The van der Waals surface area contributed by atoms with E-state index in [4.69, 9.17) is 0 Å². The molecule has 0 bridgehead atoms. The monoisotopic (exact) mass is 380 g/mol. The molecular weight excluding hydrogens is 360 g/mol. The fourth-order valence-corrected chi connectivity index (χ4v) is 2.80. The highest BCUT2D eigenvalue weighted by atomic mass is 79.9. The normalized spacial score (nSPS) is 15.7. The number of carbonyl (C=O) groups excluding carboxylic acids is 2. The van der Waals surface area contributed by atoms with Gasteiger partial charge in [-0.1, -0.05) is 34.6 Å². The van der Waals surface area contributed by atoms with Crippen molar-refractivity contribution in [3.63, 3.8) is 0 Å². The molecule has 1 heterocycles. The molecule has 5 nitrogen and oxygen atoms in total. The summed E-state index contributed by atoms with van der Waals surface area (Å²) in [5.74, 6) is -0.266. The molecule has 2 amide bonds. The van der Waals surface area contributed by atoms with Crippen LogP contribution in [-0.4, -0.2) is 53.4 Å². The Morgan fingerprint density at radius 2 is 2.04 bits per heavy atom. The smallest absolute Gasteiger partial charge is 0.246 e. The zero-order chi connectivity index (χ0) is 17.0. The maximum absolute atomic E-state index is 12.2. The number of aliphatic hydroxyl groups excluding tert-OH is 1. The number of nitrogens with zero attached hydrogens (tertiary/aromatic N) is 2. The summed E-state index contributed by atoms with van der Waals surface area (Å²) in [5, 5.41) is 10.2. The van der Waals surface area contributed by atoms with E-state index in [0.717, 1.165) is 10.0 Å². The van der Waals surface area contributed by atoms with Gasteiger partial charge >= 0.3 is 0 Å². The average Bonchev–Trinajstić information content (AvgIpc) is 2.51. The lowest BCUT2D eigenvalue weighted by atomic mass is 9.98. The van der Waals surface area contributed by atoms with E-state index >= 15 is 0 Å². The molecule has 1 aliphatic rings. The van der Waals surface area contributed by atoms with Crippen molar-refractivity contribution in [2.45, 2.75) is 12.5 Å². The van der Waals surface area contributed by atoms with E-state index in [9.17, 15) is 14.7 Å². The van der Waals surface area contributed by atoms with E-state index in [0.29, 0.717) is 26.1 Å². The first-order valence-electron chi connectivity index (χ1n) is 7.52. The summed E-state index contributed by atoms with van der Waals surface area (Å²) in [6, 6.07) is 7.49. The third-order valence-corrected chi connectivity index (χ3v) is 4.61. The van der Waals surface area contributed by atoms with Gasteiger partial charge < -0.3 is 14.9 Å². The summed E-state index contributed by atoms with van der Waals surface area (Å²) in [6.45, 7) is 4.80. The minimum Gasteiger partial charge on any atom is -0.388 e. The first-order valence-corrected chi connectivity index (χ1v) is 8.31. The van der Waals surface area contributed by atoms with Crippen molar-refractivity contribution >= 4 is 27.7 Å². The number of halogens is 1. The second kappa shape index (κ2) is 7.75. The Morgan fingerprint density at radius 1 is 1.43 bits per heavy atom. The topological polar surface area (TPSA) is 60.9 Å². The van der Waals surface area contributed by atoms with Crippen LogP contribution < -0.4 is 0 Å². The van der Waals surface area contributed by atoms with E-state index < -0.39 is 6.10 Å². The van der Waals surface area contributed by atoms with Crippen molar-refractivity contribution in [3.8, 4) is 0 Å². The van der Waals surface area contributed by atoms with Crippen LogP contribution in [0.4, 0.5) is 0 Å². The highest BCUT2D eigenvalue weighted by Crippen LogP contribution is 2.21. The van der Waals surface area contributed by atoms with Gasteiger partial charge in [0.1, 0.15) is 0 Å². The van der Waals surface area contributed by atoms with Crippen molar-refractivity contribution in [1.82, 2.24) is 9.80 Å². The second-order valence-corrected chi connectivity index (χ2v) is 6.68. The van der Waals surface area contributed by atoms with E-state index in [1.165, 1.54) is 6.08 Å². The van der Waals surface area contributed by atoms with Crippen LogP contribution >= 0.6 is 15.9 Å². The molecule has 2 rings (SSSR count). The van der Waals surface area contributed by atoms with Crippen molar-refractivity contribution in [3.05, 3.63) is 47.0 Å². The predicted molar refractivity (Wildman–Crippen MR) is 91.6 cm³/mol. The first kappa shape index (κ1) is 17.7. The number of aliphatic hydroxyl groups is 1. The van der Waals surface area contributed by atoms with E-state index in [2.05, 4.69) is 22.5 Å². The summed E-state index contributed by atoms with van der Waals surface area (Å²) in [4.78, 5) is 26.8. The Kier molecular flexibility index (Phi) is 5.96. The lowest BCUT2D eigenvalue weighted by Crippen LogP contribution is -2.55. The Bertz CT molecular complexity index is 582. The van der Waals surface area contributed by atoms with E-state index in [-0.39, 0.29) is 17.7 Å². The van der Waals surface area contributed by atoms with Crippen LogP contribution in [0.2, 0.25) is 0 Å². The van der Waals surface area contributed by atoms with Gasteiger partial charge in [0.25, 0.3) is 0 Å². The lowest BCUT2D eigenvalue weighted by molar-refractivity contribution is -0.145. The van der Waals surface area contributed by atoms with E-state index in [1.807, 2.05) is 24.3 Å². The summed E-state index contributed by atoms with van der Waals surface area (Å²) in [6.07, 6.45) is 1.14. The molecule has 1 unspecified atom stereocenters. The van der Waals surface area contributed by atoms with Gasteiger partial charge in [-0.15, -0.1) is 0 Å². The largest absolute Gasteiger partial charge is 0.388 e. The van der Waals surface area contributed by atoms with Crippen LogP contribution in [-0.2, 0) is 9.59 Å². The molecule has 23 heavy (non-hydrogen) atoms. The number of likely N-dealkylation sites (tertiary alicyclic amines) is 1. The molecule has 1 N–H and O–H groups in total. The zero-order valence-corrected chi connectivity index (χ0v) is 14.7. The van der Waals surface area contributed by atoms with Gasteiger partial charge in [0.15, 0.2) is 0 Å². The standard InChI is InChI=1S/C17H21BrN2O3/c1-3-16(22)20-10-13(11-20)17(23)19(2)9-8-15(21)12-4-6-14(18)7-5-12/h3-7,13,15,21H,1,8-11H2,2H3. The maximum Gasteiger partial charge on any atom is 0.246 e. The zero-order valence-electron chi connectivity index (χ0n) is 13.1. The van der Waals surface area contributed by atoms with Gasteiger partial charge in [0, 0.05) is 31.2 Å². The quantitative estimate of drug-likeness (QED) is 0.767. The number of hydrogen-bond acceptors (Lipinski definition) is 3. The van der Waals surface area contributed by atoms with Crippen LogP contribution in [0.15, 0.2) is 41.4 Å². The van der Waals surface area contributed by atoms with Gasteiger partial charge in [-0.25, -0.2) is 0 Å². The molecule has 0 aromatic heterocycles. The fourth-order valence-electron chi connectivity index (χ4n) is 2.53. The SMILES string of the molecule is C=CC(=O)N1CC(C(=O)N(C)CCC(O)c2ccc(Br)cc2)C1. The van der Waals surface area contributed by atoms with Gasteiger partial charge in [-0.3, -0.25) is 9.59 Å². The minimum absolute atomic E-state index is 0.0149. The molecule has 6 heteroatoms. The number of benzene rings is 1. The molecule has 0 saturated carbocycles. The fraction of sp³-hybridized carbons (Fsp3) is 0.412. The summed E-state index contributed by atoms with van der Waals surface area (Å²) < 4.78 is 0.962. The van der Waals surface area contributed by atoms with Crippen LogP contribution in [0.5, 0.6) is 0 Å². The highest BCUT2D eigenvalue weighted by molar-refractivity contribution is 9.10. The van der Waals surface area contributed by atoms with Crippen LogP contribution in [0.1, 0.15) is 18.1 Å². The van der Waals surface area contributed by atoms with Crippen molar-refractivity contribution in [2.24, 2.45) is 5.92 Å². The van der Waals surface area contributed by atoms with Gasteiger partial charge in [-0.2, -0.15) is 0 Å². The molecule has 0 radical (unpaired) electrons. The number of carbonyl (C=O) groups is 2. The lowest BCUT2D eigenvalue weighted by Gasteiger charge is -2.39. The Morgan fingerprint density at radius 3 is 2.61 bits per heavy atom. The molecule has 0 aliphatic carbocycles.